The summed E-state index contributed by atoms with van der Waals surface area (Å²) < 4.78 is 13.5. The number of benzene rings is 1. The summed E-state index contributed by atoms with van der Waals surface area (Å²) in [7, 11) is 0. The standard InChI is InChI=1S/C14H22FN3O2/c1-3-14(4-2,9-19)17-8-10-5-11(13(16)18-20)7-12(15)6-10/h5-7,17,19-20H,3-4,8-9H2,1-2H3,(H2,16,18). The van der Waals surface area contributed by atoms with Crippen LogP contribution in [0.4, 0.5) is 4.39 Å². The van der Waals surface area contributed by atoms with E-state index in [4.69, 9.17) is 10.9 Å². The fraction of sp³-hybridized carbons (Fsp3) is 0.500. The van der Waals surface area contributed by atoms with E-state index in [-0.39, 0.29) is 18.0 Å². The third-order valence-corrected chi connectivity index (χ3v) is 3.68. The van der Waals surface area contributed by atoms with Gasteiger partial charge in [-0.3, -0.25) is 0 Å². The number of hydrogen-bond acceptors (Lipinski definition) is 4. The first-order valence-corrected chi connectivity index (χ1v) is 6.63. The smallest absolute Gasteiger partial charge is 0.170 e. The number of aliphatic hydroxyl groups is 1. The van der Waals surface area contributed by atoms with Gasteiger partial charge in [0.2, 0.25) is 0 Å². The Labute approximate surface area is 118 Å². The Morgan fingerprint density at radius 3 is 2.50 bits per heavy atom. The number of halogens is 1. The monoisotopic (exact) mass is 283 g/mol. The molecule has 0 saturated heterocycles. The van der Waals surface area contributed by atoms with Gasteiger partial charge in [-0.05, 0) is 36.6 Å². The number of hydrogen-bond donors (Lipinski definition) is 4. The lowest BCUT2D eigenvalue weighted by atomic mass is 9.93. The van der Waals surface area contributed by atoms with E-state index in [1.807, 2.05) is 13.8 Å². The van der Waals surface area contributed by atoms with Crippen LogP contribution < -0.4 is 11.1 Å². The van der Waals surface area contributed by atoms with Gasteiger partial charge in [-0.15, -0.1) is 0 Å². The van der Waals surface area contributed by atoms with E-state index >= 15 is 0 Å². The van der Waals surface area contributed by atoms with Crippen LogP contribution in [0.5, 0.6) is 0 Å². The van der Waals surface area contributed by atoms with Crippen LogP contribution in [0.1, 0.15) is 37.8 Å². The van der Waals surface area contributed by atoms with Gasteiger partial charge in [0.15, 0.2) is 5.84 Å². The second kappa shape index (κ2) is 7.21. The van der Waals surface area contributed by atoms with Gasteiger partial charge >= 0.3 is 0 Å². The molecule has 0 fully saturated rings. The average molecular weight is 283 g/mol. The number of aliphatic hydroxyl groups excluding tert-OH is 1. The molecule has 1 aromatic carbocycles. The minimum atomic E-state index is -0.450. The molecule has 0 saturated carbocycles. The van der Waals surface area contributed by atoms with Gasteiger partial charge < -0.3 is 21.4 Å². The molecule has 0 aliphatic heterocycles. The minimum Gasteiger partial charge on any atom is -0.409 e. The molecule has 0 amide bonds. The predicted octanol–water partition coefficient (Wildman–Crippen LogP) is 1.56. The molecule has 0 heterocycles. The third-order valence-electron chi connectivity index (χ3n) is 3.68. The van der Waals surface area contributed by atoms with Crippen LogP contribution in [0, 0.1) is 5.82 Å². The highest BCUT2D eigenvalue weighted by Gasteiger charge is 2.24. The Morgan fingerprint density at radius 2 is 2.00 bits per heavy atom. The first-order valence-electron chi connectivity index (χ1n) is 6.63. The molecule has 20 heavy (non-hydrogen) atoms. The molecule has 5 nitrogen and oxygen atoms in total. The summed E-state index contributed by atoms with van der Waals surface area (Å²) in [5.41, 5.74) is 6.09. The van der Waals surface area contributed by atoms with Crippen molar-refractivity contribution in [2.45, 2.75) is 38.8 Å². The Hall–Kier alpha value is -1.66. The van der Waals surface area contributed by atoms with Crippen molar-refractivity contribution in [3.05, 3.63) is 35.1 Å². The lowest BCUT2D eigenvalue weighted by Gasteiger charge is -2.31. The summed E-state index contributed by atoms with van der Waals surface area (Å²) in [6.07, 6.45) is 1.53. The molecule has 0 unspecified atom stereocenters. The molecule has 0 spiro atoms. The second-order valence-electron chi connectivity index (χ2n) is 4.83. The van der Waals surface area contributed by atoms with Crippen LogP contribution in [-0.2, 0) is 6.54 Å². The molecule has 0 atom stereocenters. The van der Waals surface area contributed by atoms with Gasteiger partial charge in [0.1, 0.15) is 5.82 Å². The van der Waals surface area contributed by atoms with Crippen LogP contribution in [0.15, 0.2) is 23.4 Å². The van der Waals surface area contributed by atoms with Gasteiger partial charge in [0, 0.05) is 17.6 Å². The maximum Gasteiger partial charge on any atom is 0.170 e. The molecular formula is C14H22FN3O2. The summed E-state index contributed by atoms with van der Waals surface area (Å²) in [4.78, 5) is 0. The molecule has 0 radical (unpaired) electrons. The predicted molar refractivity (Wildman–Crippen MR) is 76.1 cm³/mol. The highest BCUT2D eigenvalue weighted by atomic mass is 19.1. The fourth-order valence-corrected chi connectivity index (χ4v) is 2.03. The van der Waals surface area contributed by atoms with Gasteiger partial charge in [-0.1, -0.05) is 19.0 Å². The molecule has 0 aromatic heterocycles. The maximum absolute atomic E-state index is 13.5. The van der Waals surface area contributed by atoms with E-state index in [2.05, 4.69) is 10.5 Å². The van der Waals surface area contributed by atoms with Crippen LogP contribution in [0.2, 0.25) is 0 Å². The SMILES string of the molecule is CCC(CC)(CO)NCc1cc(F)cc(/C(N)=N/O)c1. The number of oxime groups is 1. The van der Waals surface area contributed by atoms with Crippen molar-refractivity contribution >= 4 is 5.84 Å². The van der Waals surface area contributed by atoms with Crippen LogP contribution in [-0.4, -0.2) is 28.3 Å². The maximum atomic E-state index is 13.5. The normalized spacial score (nSPS) is 12.7. The van der Waals surface area contributed by atoms with Crippen LogP contribution in [0.25, 0.3) is 0 Å². The number of rotatable bonds is 7. The third kappa shape index (κ3) is 3.91. The first-order chi connectivity index (χ1) is 9.50. The summed E-state index contributed by atoms with van der Waals surface area (Å²) >= 11 is 0. The lowest BCUT2D eigenvalue weighted by molar-refractivity contribution is 0.149. The Kier molecular flexibility index (Phi) is 5.91. The zero-order valence-electron chi connectivity index (χ0n) is 11.9. The number of nitrogens with zero attached hydrogens (tertiary/aromatic N) is 1. The molecule has 0 aliphatic carbocycles. The van der Waals surface area contributed by atoms with Gasteiger partial charge in [-0.2, -0.15) is 0 Å². The quantitative estimate of drug-likeness (QED) is 0.264. The zero-order chi connectivity index (χ0) is 15.2. The zero-order valence-corrected chi connectivity index (χ0v) is 11.9. The summed E-state index contributed by atoms with van der Waals surface area (Å²) in [5.74, 6) is -0.585. The fourth-order valence-electron chi connectivity index (χ4n) is 2.03. The Balaban J connectivity index is 2.90. The number of nitrogens with two attached hydrogens (primary N) is 1. The lowest BCUT2D eigenvalue weighted by Crippen LogP contribution is -2.47. The first kappa shape index (κ1) is 16.4. The summed E-state index contributed by atoms with van der Waals surface area (Å²) in [6.45, 7) is 4.38. The summed E-state index contributed by atoms with van der Waals surface area (Å²) in [6, 6.07) is 4.24. The molecule has 112 valence electrons. The number of amidine groups is 1. The van der Waals surface area contributed by atoms with E-state index in [0.717, 1.165) is 12.8 Å². The Morgan fingerprint density at radius 1 is 1.35 bits per heavy atom. The second-order valence-corrected chi connectivity index (χ2v) is 4.83. The molecule has 0 aliphatic rings. The van der Waals surface area contributed by atoms with Crippen molar-refractivity contribution in [3.8, 4) is 0 Å². The van der Waals surface area contributed by atoms with Crippen molar-refractivity contribution < 1.29 is 14.7 Å². The molecule has 1 rings (SSSR count). The topological polar surface area (TPSA) is 90.9 Å². The van der Waals surface area contributed by atoms with Crippen LogP contribution >= 0.6 is 0 Å². The largest absolute Gasteiger partial charge is 0.409 e. The van der Waals surface area contributed by atoms with Crippen molar-refractivity contribution in [1.82, 2.24) is 5.32 Å². The van der Waals surface area contributed by atoms with Gasteiger partial charge in [0.25, 0.3) is 0 Å². The van der Waals surface area contributed by atoms with E-state index in [1.165, 1.54) is 12.1 Å². The molecule has 1 aromatic rings. The molecule has 6 heteroatoms. The average Bonchev–Trinajstić information content (AvgIpc) is 2.48. The van der Waals surface area contributed by atoms with E-state index in [1.54, 1.807) is 6.07 Å². The Bertz CT molecular complexity index is 465. The molecule has 5 N–H and O–H groups in total. The van der Waals surface area contributed by atoms with Gasteiger partial charge in [-0.25, -0.2) is 4.39 Å². The molecular weight excluding hydrogens is 261 g/mol. The van der Waals surface area contributed by atoms with Crippen molar-refractivity contribution in [2.24, 2.45) is 10.9 Å². The van der Waals surface area contributed by atoms with Crippen molar-refractivity contribution in [2.75, 3.05) is 6.61 Å². The number of nitrogens with one attached hydrogen (secondary N) is 1. The van der Waals surface area contributed by atoms with E-state index in [9.17, 15) is 9.50 Å². The van der Waals surface area contributed by atoms with Crippen LogP contribution in [0.3, 0.4) is 0 Å². The van der Waals surface area contributed by atoms with E-state index in [0.29, 0.717) is 17.7 Å². The van der Waals surface area contributed by atoms with Crippen molar-refractivity contribution in [3.63, 3.8) is 0 Å². The highest BCUT2D eigenvalue weighted by Crippen LogP contribution is 2.16. The minimum absolute atomic E-state index is 0.0163. The molecule has 0 bridgehead atoms. The summed E-state index contributed by atoms with van der Waals surface area (Å²) in [5, 5.41) is 24.2. The highest BCUT2D eigenvalue weighted by molar-refractivity contribution is 5.97. The van der Waals surface area contributed by atoms with Crippen molar-refractivity contribution in [1.29, 1.82) is 0 Å². The van der Waals surface area contributed by atoms with E-state index < -0.39 is 5.82 Å². The van der Waals surface area contributed by atoms with Gasteiger partial charge in [0.05, 0.1) is 6.61 Å².